The molecule has 1 aromatic rings. The van der Waals surface area contributed by atoms with Crippen LogP contribution in [0.2, 0.25) is 0 Å². The van der Waals surface area contributed by atoms with Crippen LogP contribution in [0.1, 0.15) is 30.1 Å². The molecular formula is C16H22N2O5S. The minimum Gasteiger partial charge on any atom is -0.480 e. The number of piperidine rings is 1. The van der Waals surface area contributed by atoms with Crippen LogP contribution >= 0.6 is 0 Å². The Labute approximate surface area is 141 Å². The first-order chi connectivity index (χ1) is 11.3. The van der Waals surface area contributed by atoms with Crippen molar-refractivity contribution < 1.29 is 23.1 Å². The summed E-state index contributed by atoms with van der Waals surface area (Å²) < 4.78 is 25.2. The molecule has 1 saturated heterocycles. The molecule has 0 unspecified atom stereocenters. The lowest BCUT2D eigenvalue weighted by molar-refractivity contribution is -0.138. The number of carboxylic acids is 1. The van der Waals surface area contributed by atoms with Crippen LogP contribution < -0.4 is 0 Å². The minimum atomic E-state index is -3.25. The molecule has 1 aliphatic rings. The molecule has 132 valence electrons. The molecule has 0 aromatic heterocycles. The standard InChI is InChI=1S/C16H22N2O5S/c1-2-24(22,23)17-10-8-14(9-11-17)18(12-15(19)20)16(21)13-6-4-3-5-7-13/h3-7,14H,2,8-12H2,1H3,(H,19,20). The van der Waals surface area contributed by atoms with Gasteiger partial charge in [0, 0.05) is 24.7 Å². The number of hydrogen-bond donors (Lipinski definition) is 1. The van der Waals surface area contributed by atoms with Gasteiger partial charge in [-0.05, 0) is 31.9 Å². The van der Waals surface area contributed by atoms with Crippen molar-refractivity contribution in [2.75, 3.05) is 25.4 Å². The summed E-state index contributed by atoms with van der Waals surface area (Å²) in [6.07, 6.45) is 0.871. The highest BCUT2D eigenvalue weighted by Gasteiger charge is 2.33. The van der Waals surface area contributed by atoms with Gasteiger partial charge < -0.3 is 10.0 Å². The quantitative estimate of drug-likeness (QED) is 0.823. The summed E-state index contributed by atoms with van der Waals surface area (Å²) >= 11 is 0. The van der Waals surface area contributed by atoms with E-state index in [1.807, 2.05) is 0 Å². The average Bonchev–Trinajstić information content (AvgIpc) is 2.60. The molecule has 2 rings (SSSR count). The molecule has 0 bridgehead atoms. The molecule has 1 fully saturated rings. The van der Waals surface area contributed by atoms with Crippen molar-refractivity contribution in [2.24, 2.45) is 0 Å². The average molecular weight is 354 g/mol. The van der Waals surface area contributed by atoms with Gasteiger partial charge in [0.2, 0.25) is 10.0 Å². The fourth-order valence-electron chi connectivity index (χ4n) is 2.87. The molecule has 24 heavy (non-hydrogen) atoms. The second kappa shape index (κ2) is 7.76. The SMILES string of the molecule is CCS(=O)(=O)N1CCC(N(CC(=O)O)C(=O)c2ccccc2)CC1. The van der Waals surface area contributed by atoms with Crippen LogP contribution in [-0.2, 0) is 14.8 Å². The van der Waals surface area contributed by atoms with Crippen molar-refractivity contribution in [1.82, 2.24) is 9.21 Å². The number of carboxylic acid groups (broad SMARTS) is 1. The Balaban J connectivity index is 2.13. The molecule has 1 amide bonds. The fraction of sp³-hybridized carbons (Fsp3) is 0.500. The van der Waals surface area contributed by atoms with Crippen LogP contribution in [0.5, 0.6) is 0 Å². The van der Waals surface area contributed by atoms with Gasteiger partial charge in [-0.25, -0.2) is 12.7 Å². The number of benzene rings is 1. The van der Waals surface area contributed by atoms with Gasteiger partial charge in [0.25, 0.3) is 5.91 Å². The predicted octanol–water partition coefficient (Wildman–Crippen LogP) is 1.03. The van der Waals surface area contributed by atoms with Gasteiger partial charge in [-0.2, -0.15) is 0 Å². The molecule has 0 atom stereocenters. The predicted molar refractivity (Wildman–Crippen MR) is 89.2 cm³/mol. The third kappa shape index (κ3) is 4.33. The Morgan fingerprint density at radius 2 is 1.79 bits per heavy atom. The van der Waals surface area contributed by atoms with Crippen molar-refractivity contribution >= 4 is 21.9 Å². The maximum absolute atomic E-state index is 12.6. The van der Waals surface area contributed by atoms with Crippen molar-refractivity contribution in [3.63, 3.8) is 0 Å². The third-order valence-corrected chi connectivity index (χ3v) is 6.09. The van der Waals surface area contributed by atoms with Gasteiger partial charge in [0.15, 0.2) is 0 Å². The number of hydrogen-bond acceptors (Lipinski definition) is 4. The van der Waals surface area contributed by atoms with Crippen LogP contribution in [-0.4, -0.2) is 66.0 Å². The highest BCUT2D eigenvalue weighted by atomic mass is 32.2. The van der Waals surface area contributed by atoms with Gasteiger partial charge in [0.1, 0.15) is 6.54 Å². The Bertz CT molecular complexity index is 682. The van der Waals surface area contributed by atoms with E-state index in [-0.39, 0.29) is 24.2 Å². The molecule has 0 spiro atoms. The van der Waals surface area contributed by atoms with Gasteiger partial charge in [-0.1, -0.05) is 18.2 Å². The molecule has 1 heterocycles. The summed E-state index contributed by atoms with van der Waals surface area (Å²) in [7, 11) is -3.25. The molecule has 0 saturated carbocycles. The van der Waals surface area contributed by atoms with Crippen LogP contribution in [0.25, 0.3) is 0 Å². The first-order valence-electron chi connectivity index (χ1n) is 7.90. The van der Waals surface area contributed by atoms with Crippen LogP contribution in [0.4, 0.5) is 0 Å². The summed E-state index contributed by atoms with van der Waals surface area (Å²) in [6, 6.07) is 8.25. The molecule has 0 radical (unpaired) electrons. The van der Waals surface area contributed by atoms with Gasteiger partial charge in [-0.15, -0.1) is 0 Å². The highest BCUT2D eigenvalue weighted by molar-refractivity contribution is 7.89. The second-order valence-electron chi connectivity index (χ2n) is 5.72. The van der Waals surface area contributed by atoms with E-state index in [2.05, 4.69) is 0 Å². The van der Waals surface area contributed by atoms with Crippen molar-refractivity contribution in [3.05, 3.63) is 35.9 Å². The van der Waals surface area contributed by atoms with E-state index >= 15 is 0 Å². The van der Waals surface area contributed by atoms with Gasteiger partial charge in [-0.3, -0.25) is 9.59 Å². The first kappa shape index (κ1) is 18.4. The molecular weight excluding hydrogens is 332 g/mol. The molecule has 1 N–H and O–H groups in total. The number of aliphatic carboxylic acids is 1. The molecule has 1 aliphatic heterocycles. The van der Waals surface area contributed by atoms with Gasteiger partial charge in [0.05, 0.1) is 5.75 Å². The number of carbonyl (C=O) groups excluding carboxylic acids is 1. The summed E-state index contributed by atoms with van der Waals surface area (Å²) in [5, 5.41) is 9.13. The van der Waals surface area contributed by atoms with E-state index < -0.39 is 16.0 Å². The van der Waals surface area contributed by atoms with E-state index in [0.717, 1.165) is 0 Å². The van der Waals surface area contributed by atoms with E-state index in [0.29, 0.717) is 31.5 Å². The molecule has 1 aromatic carbocycles. The van der Waals surface area contributed by atoms with Crippen LogP contribution in [0, 0.1) is 0 Å². The van der Waals surface area contributed by atoms with Crippen molar-refractivity contribution in [2.45, 2.75) is 25.8 Å². The van der Waals surface area contributed by atoms with E-state index in [9.17, 15) is 18.0 Å². The smallest absolute Gasteiger partial charge is 0.323 e. The van der Waals surface area contributed by atoms with E-state index in [1.54, 1.807) is 37.3 Å². The van der Waals surface area contributed by atoms with E-state index in [4.69, 9.17) is 5.11 Å². The Kier molecular flexibility index (Phi) is 5.95. The summed E-state index contributed by atoms with van der Waals surface area (Å²) in [5.41, 5.74) is 0.433. The number of sulfonamides is 1. The maximum atomic E-state index is 12.6. The highest BCUT2D eigenvalue weighted by Crippen LogP contribution is 2.21. The zero-order chi connectivity index (χ0) is 17.7. The Hall–Kier alpha value is -1.93. The Morgan fingerprint density at radius 1 is 1.21 bits per heavy atom. The number of carbonyl (C=O) groups is 2. The second-order valence-corrected chi connectivity index (χ2v) is 7.98. The maximum Gasteiger partial charge on any atom is 0.323 e. The topological polar surface area (TPSA) is 95.0 Å². The zero-order valence-electron chi connectivity index (χ0n) is 13.6. The lowest BCUT2D eigenvalue weighted by atomic mass is 10.0. The molecule has 0 aliphatic carbocycles. The van der Waals surface area contributed by atoms with Crippen molar-refractivity contribution in [1.29, 1.82) is 0 Å². The van der Waals surface area contributed by atoms with Gasteiger partial charge >= 0.3 is 5.97 Å². The Morgan fingerprint density at radius 3 is 2.29 bits per heavy atom. The monoisotopic (exact) mass is 354 g/mol. The molecule has 7 nitrogen and oxygen atoms in total. The number of nitrogens with zero attached hydrogens (tertiary/aromatic N) is 2. The van der Waals surface area contributed by atoms with E-state index in [1.165, 1.54) is 9.21 Å². The van der Waals surface area contributed by atoms with Crippen LogP contribution in [0.15, 0.2) is 30.3 Å². The lowest BCUT2D eigenvalue weighted by Crippen LogP contribution is -2.50. The number of rotatable bonds is 6. The van der Waals surface area contributed by atoms with Crippen molar-refractivity contribution in [3.8, 4) is 0 Å². The largest absolute Gasteiger partial charge is 0.480 e. The first-order valence-corrected chi connectivity index (χ1v) is 9.51. The summed E-state index contributed by atoms with van der Waals surface area (Å²) in [5.74, 6) is -1.38. The molecule has 8 heteroatoms. The summed E-state index contributed by atoms with van der Waals surface area (Å²) in [6.45, 7) is 1.81. The zero-order valence-corrected chi connectivity index (χ0v) is 14.4. The fourth-order valence-corrected chi connectivity index (χ4v) is 4.01. The van der Waals surface area contributed by atoms with Crippen LogP contribution in [0.3, 0.4) is 0 Å². The normalized spacial score (nSPS) is 16.7. The minimum absolute atomic E-state index is 0.0411. The summed E-state index contributed by atoms with van der Waals surface area (Å²) in [4.78, 5) is 25.1. The third-order valence-electron chi connectivity index (χ3n) is 4.21. The lowest BCUT2D eigenvalue weighted by Gasteiger charge is -2.37. The number of amides is 1.